The van der Waals surface area contributed by atoms with Gasteiger partial charge in [0, 0.05) is 11.0 Å². The van der Waals surface area contributed by atoms with Gasteiger partial charge in [-0.15, -0.1) is 6.58 Å². The molecule has 1 aromatic carbocycles. The molecule has 0 N–H and O–H groups in total. The molecule has 1 aromatic heterocycles. The first kappa shape index (κ1) is 23.2. The molecule has 0 aliphatic carbocycles. The van der Waals surface area contributed by atoms with E-state index in [-0.39, 0.29) is 40.6 Å². The van der Waals surface area contributed by atoms with Gasteiger partial charge in [-0.2, -0.15) is 14.4 Å². The minimum Gasteiger partial charge on any atom is -0.444 e. The molecule has 32 heavy (non-hydrogen) atoms. The molecule has 6 nitrogen and oxygen atoms in total. The number of rotatable bonds is 3. The Labute approximate surface area is 198 Å². The molecule has 4 rings (SSSR count). The summed E-state index contributed by atoms with van der Waals surface area (Å²) in [4.78, 5) is 24.4. The van der Waals surface area contributed by atoms with E-state index in [1.54, 1.807) is 11.0 Å². The van der Waals surface area contributed by atoms with Crippen molar-refractivity contribution in [2.75, 3.05) is 11.4 Å². The average Bonchev–Trinajstić information content (AvgIpc) is 3.02. The fraction of sp³-hybridized carbons (Fsp3) is 0.500. The number of amides is 1. The largest absolute Gasteiger partial charge is 0.444 e. The zero-order valence-electron chi connectivity index (χ0n) is 18.0. The van der Waals surface area contributed by atoms with Gasteiger partial charge < -0.3 is 9.64 Å². The summed E-state index contributed by atoms with van der Waals surface area (Å²) in [6.45, 7) is 9.74. The van der Waals surface area contributed by atoms with Crippen LogP contribution in [0.1, 0.15) is 40.0 Å². The molecular weight excluding hydrogens is 506 g/mol. The molecule has 2 aliphatic heterocycles. The van der Waals surface area contributed by atoms with Gasteiger partial charge in [-0.3, -0.25) is 4.90 Å². The number of hydrogen-bond acceptors (Lipinski definition) is 5. The normalized spacial score (nSPS) is 23.0. The van der Waals surface area contributed by atoms with Gasteiger partial charge in [-0.1, -0.05) is 17.7 Å². The minimum atomic E-state index is -1.03. The lowest BCUT2D eigenvalue weighted by atomic mass is 9.99. The van der Waals surface area contributed by atoms with Gasteiger partial charge >= 0.3 is 12.2 Å². The van der Waals surface area contributed by atoms with Crippen LogP contribution in [0.2, 0.25) is 5.02 Å². The molecule has 0 spiro atoms. The van der Waals surface area contributed by atoms with Gasteiger partial charge in [0.1, 0.15) is 16.9 Å². The molecule has 0 saturated carbocycles. The Bertz CT molecular complexity index is 1090. The molecule has 2 saturated heterocycles. The van der Waals surface area contributed by atoms with Crippen LogP contribution in [0.5, 0.6) is 0 Å². The fourth-order valence-corrected chi connectivity index (χ4v) is 5.37. The Hall–Kier alpha value is -2.00. The van der Waals surface area contributed by atoms with Crippen molar-refractivity contribution >= 4 is 50.3 Å². The molecule has 2 aliphatic rings. The van der Waals surface area contributed by atoms with E-state index in [4.69, 9.17) is 16.3 Å². The Morgan fingerprint density at radius 2 is 2.09 bits per heavy atom. The number of hydrogen-bond donors (Lipinski definition) is 0. The van der Waals surface area contributed by atoms with Gasteiger partial charge in [-0.25, -0.2) is 9.18 Å². The smallest absolute Gasteiger partial charge is 0.410 e. The monoisotopic (exact) mass is 528 g/mol. The van der Waals surface area contributed by atoms with E-state index in [1.807, 2.05) is 25.7 Å². The SMILES string of the molecule is C=CC[C@@H]1[C@@H]2CC[C@H](CN1c1nc(F)nc3c(F)cc(Cl)c(Br)c13)N2C(=O)OC(C)(C)C. The molecule has 0 radical (unpaired) electrons. The van der Waals surface area contributed by atoms with E-state index in [1.165, 1.54) is 0 Å². The maximum atomic E-state index is 14.6. The summed E-state index contributed by atoms with van der Waals surface area (Å²) in [6.07, 6.45) is 2.42. The summed E-state index contributed by atoms with van der Waals surface area (Å²) in [7, 11) is 0. The van der Waals surface area contributed by atoms with Crippen LogP contribution < -0.4 is 4.90 Å². The van der Waals surface area contributed by atoms with Crippen molar-refractivity contribution in [3.63, 3.8) is 0 Å². The zero-order valence-corrected chi connectivity index (χ0v) is 20.4. The summed E-state index contributed by atoms with van der Waals surface area (Å²) in [5, 5.41) is 0.442. The van der Waals surface area contributed by atoms with Crippen LogP contribution in [0.15, 0.2) is 23.2 Å². The predicted molar refractivity (Wildman–Crippen MR) is 123 cm³/mol. The number of fused-ring (bicyclic) bond motifs is 3. The standard InChI is InChI=1S/C22H24BrClF2N4O2/c1-5-6-14-15-8-7-11(30(15)21(31)32-22(2,3)4)10-29(14)19-16-17(23)12(24)9-13(25)18(16)27-20(26)28-19/h5,9,11,14-15H,1,6-8,10H2,2-4H3/t11-,14-,15+/m1/s1. The molecule has 10 heteroatoms. The van der Waals surface area contributed by atoms with E-state index in [9.17, 15) is 13.6 Å². The minimum absolute atomic E-state index is 0.141. The third kappa shape index (κ3) is 4.05. The number of nitrogens with zero attached hydrogens (tertiary/aromatic N) is 4. The second-order valence-electron chi connectivity index (χ2n) is 9.12. The van der Waals surface area contributed by atoms with Crippen molar-refractivity contribution in [2.24, 2.45) is 0 Å². The molecule has 2 aromatic rings. The number of carbonyl (C=O) groups excluding carboxylic acids is 1. The van der Waals surface area contributed by atoms with Crippen molar-refractivity contribution in [1.29, 1.82) is 0 Å². The van der Waals surface area contributed by atoms with Gasteiger partial charge in [0.25, 0.3) is 0 Å². The Kier molecular flexibility index (Phi) is 6.09. The zero-order chi connectivity index (χ0) is 23.4. The highest BCUT2D eigenvalue weighted by Gasteiger charge is 2.50. The van der Waals surface area contributed by atoms with E-state index >= 15 is 0 Å². The van der Waals surface area contributed by atoms with Gasteiger partial charge in [0.2, 0.25) is 0 Å². The quantitative estimate of drug-likeness (QED) is 0.283. The number of aromatic nitrogens is 2. The number of anilines is 1. The highest BCUT2D eigenvalue weighted by atomic mass is 79.9. The van der Waals surface area contributed by atoms with Crippen molar-refractivity contribution < 1.29 is 18.3 Å². The molecule has 0 unspecified atom stereocenters. The van der Waals surface area contributed by atoms with Gasteiger partial charge in [0.15, 0.2) is 5.82 Å². The maximum absolute atomic E-state index is 14.6. The highest BCUT2D eigenvalue weighted by molar-refractivity contribution is 9.10. The second-order valence-corrected chi connectivity index (χ2v) is 10.3. The third-order valence-corrected chi connectivity index (χ3v) is 7.20. The molecule has 172 valence electrons. The van der Waals surface area contributed by atoms with Crippen LogP contribution in [-0.4, -0.2) is 51.2 Å². The van der Waals surface area contributed by atoms with E-state index in [0.717, 1.165) is 18.9 Å². The Morgan fingerprint density at radius 1 is 1.38 bits per heavy atom. The average molecular weight is 530 g/mol. The summed E-state index contributed by atoms with van der Waals surface area (Å²) in [5.41, 5.74) is -0.768. The number of piperazine rings is 1. The maximum Gasteiger partial charge on any atom is 0.410 e. The summed E-state index contributed by atoms with van der Waals surface area (Å²) < 4.78 is 35.1. The number of benzene rings is 1. The molecule has 3 heterocycles. The Balaban J connectivity index is 1.82. The number of halogens is 4. The molecule has 2 bridgehead atoms. The lowest BCUT2D eigenvalue weighted by Crippen LogP contribution is -2.62. The highest BCUT2D eigenvalue weighted by Crippen LogP contribution is 2.43. The molecule has 3 atom stereocenters. The van der Waals surface area contributed by atoms with Crippen LogP contribution in [0.4, 0.5) is 19.4 Å². The lowest BCUT2D eigenvalue weighted by Gasteiger charge is -2.47. The van der Waals surface area contributed by atoms with Crippen LogP contribution in [0, 0.1) is 11.9 Å². The molecule has 2 fully saturated rings. The van der Waals surface area contributed by atoms with Crippen molar-refractivity contribution in [1.82, 2.24) is 14.9 Å². The number of carbonyl (C=O) groups is 1. The summed E-state index contributed by atoms with van der Waals surface area (Å²) in [6, 6.07) is 0.518. The third-order valence-electron chi connectivity index (χ3n) is 5.85. The van der Waals surface area contributed by atoms with Gasteiger partial charge in [-0.05, 0) is 62.0 Å². The van der Waals surface area contributed by atoms with Crippen LogP contribution in [-0.2, 0) is 4.74 Å². The summed E-state index contributed by atoms with van der Waals surface area (Å²) in [5.74, 6) is -0.486. The Morgan fingerprint density at radius 3 is 2.75 bits per heavy atom. The predicted octanol–water partition coefficient (Wildman–Crippen LogP) is 5.86. The van der Waals surface area contributed by atoms with E-state index < -0.39 is 17.5 Å². The van der Waals surface area contributed by atoms with Crippen LogP contribution in [0.3, 0.4) is 0 Å². The fourth-order valence-electron chi connectivity index (χ4n) is 4.70. The van der Waals surface area contributed by atoms with E-state index in [2.05, 4.69) is 32.5 Å². The first-order valence-electron chi connectivity index (χ1n) is 10.4. The van der Waals surface area contributed by atoms with Crippen LogP contribution in [0.25, 0.3) is 10.9 Å². The van der Waals surface area contributed by atoms with Crippen molar-refractivity contribution in [3.05, 3.63) is 40.1 Å². The van der Waals surface area contributed by atoms with E-state index in [0.29, 0.717) is 22.8 Å². The van der Waals surface area contributed by atoms with Crippen molar-refractivity contribution in [2.45, 2.75) is 63.8 Å². The van der Waals surface area contributed by atoms with Crippen LogP contribution >= 0.6 is 27.5 Å². The van der Waals surface area contributed by atoms with Gasteiger partial charge in [0.05, 0.1) is 28.5 Å². The first-order valence-corrected chi connectivity index (χ1v) is 11.6. The molecular formula is C22H24BrClF2N4O2. The van der Waals surface area contributed by atoms with Crippen molar-refractivity contribution in [3.8, 4) is 0 Å². The topological polar surface area (TPSA) is 58.6 Å². The first-order chi connectivity index (χ1) is 15.0. The summed E-state index contributed by atoms with van der Waals surface area (Å²) >= 11 is 9.59. The molecule has 1 amide bonds. The second kappa shape index (κ2) is 8.41. The number of ether oxygens (including phenoxy) is 1. The lowest BCUT2D eigenvalue weighted by molar-refractivity contribution is 0.00765.